The summed E-state index contributed by atoms with van der Waals surface area (Å²) < 4.78 is 7.75. The summed E-state index contributed by atoms with van der Waals surface area (Å²) in [6, 6.07) is 7.11. The molecule has 176 valence electrons. The Labute approximate surface area is 200 Å². The highest BCUT2D eigenvalue weighted by molar-refractivity contribution is 8.01. The van der Waals surface area contributed by atoms with Gasteiger partial charge in [-0.2, -0.15) is 0 Å². The van der Waals surface area contributed by atoms with E-state index in [1.165, 1.54) is 11.8 Å². The number of aliphatic carboxylic acids is 1. The number of ether oxygens (including phenoxy) is 1. The van der Waals surface area contributed by atoms with Crippen LogP contribution >= 0.6 is 35.1 Å². The SMILES string of the molecule is COc1ccc(CN[C@@H]2C(=O)N3CC(CSc4s[nH]c(=O)c4C(=O)O)(C(=O)O)CS[C@H]23)cc1. The van der Waals surface area contributed by atoms with Gasteiger partial charge in [-0.15, -0.1) is 23.5 Å². The van der Waals surface area contributed by atoms with E-state index in [0.717, 1.165) is 34.6 Å². The molecule has 3 heterocycles. The maximum Gasteiger partial charge on any atom is 0.343 e. The average molecular weight is 512 g/mol. The number of hydrogen-bond donors (Lipinski definition) is 4. The van der Waals surface area contributed by atoms with Crippen molar-refractivity contribution in [2.45, 2.75) is 22.2 Å². The Balaban J connectivity index is 1.39. The molecule has 13 heteroatoms. The lowest BCUT2D eigenvalue weighted by molar-refractivity contribution is -0.156. The fourth-order valence-electron chi connectivity index (χ4n) is 3.71. The van der Waals surface area contributed by atoms with Gasteiger partial charge in [0.2, 0.25) is 5.91 Å². The Bertz CT molecular complexity index is 1130. The Morgan fingerprint density at radius 1 is 1.30 bits per heavy atom. The van der Waals surface area contributed by atoms with Crippen molar-refractivity contribution >= 4 is 52.9 Å². The highest BCUT2D eigenvalue weighted by atomic mass is 32.2. The van der Waals surface area contributed by atoms with Crippen LogP contribution < -0.4 is 15.6 Å². The molecule has 2 aliphatic heterocycles. The molecule has 2 fully saturated rings. The monoisotopic (exact) mass is 511 g/mol. The molecule has 33 heavy (non-hydrogen) atoms. The van der Waals surface area contributed by atoms with Crippen molar-refractivity contribution in [1.29, 1.82) is 0 Å². The summed E-state index contributed by atoms with van der Waals surface area (Å²) in [5.41, 5.74) is -1.33. The number of carbonyl (C=O) groups is 3. The fourth-order valence-corrected chi connectivity index (χ4v) is 7.56. The van der Waals surface area contributed by atoms with Crippen molar-refractivity contribution in [2.75, 3.05) is 25.2 Å². The van der Waals surface area contributed by atoms with Crippen molar-refractivity contribution < 1.29 is 29.3 Å². The number of hydrogen-bond acceptors (Lipinski definition) is 9. The molecular weight excluding hydrogens is 490 g/mol. The normalized spacial score (nSPS) is 24.2. The van der Waals surface area contributed by atoms with Crippen LogP contribution in [0.5, 0.6) is 5.75 Å². The molecule has 3 atom stereocenters. The Morgan fingerprint density at radius 3 is 2.67 bits per heavy atom. The number of aromatic nitrogens is 1. The second kappa shape index (κ2) is 9.41. The first-order valence-corrected chi connectivity index (χ1v) is 12.7. The van der Waals surface area contributed by atoms with Gasteiger partial charge in [-0.3, -0.25) is 24.1 Å². The van der Waals surface area contributed by atoms with Crippen molar-refractivity contribution in [2.24, 2.45) is 5.41 Å². The third-order valence-corrected chi connectivity index (χ3v) is 9.68. The molecule has 2 aromatic rings. The molecule has 0 aliphatic carbocycles. The molecule has 1 amide bonds. The van der Waals surface area contributed by atoms with E-state index in [4.69, 9.17) is 4.74 Å². The van der Waals surface area contributed by atoms with Crippen LogP contribution in [0.15, 0.2) is 33.3 Å². The Hall–Kier alpha value is -2.48. The largest absolute Gasteiger partial charge is 0.497 e. The van der Waals surface area contributed by atoms with Gasteiger partial charge >= 0.3 is 11.9 Å². The molecule has 0 bridgehead atoms. The van der Waals surface area contributed by atoms with Gasteiger partial charge in [0.1, 0.15) is 22.6 Å². The van der Waals surface area contributed by atoms with E-state index in [1.807, 2.05) is 24.3 Å². The first kappa shape index (κ1) is 23.7. The zero-order valence-corrected chi connectivity index (χ0v) is 19.8. The molecular formula is C20H21N3O7S3. The average Bonchev–Trinajstić information content (AvgIpc) is 3.18. The summed E-state index contributed by atoms with van der Waals surface area (Å²) in [4.78, 5) is 49.5. The van der Waals surface area contributed by atoms with Crippen molar-refractivity contribution in [3.63, 3.8) is 0 Å². The quantitative estimate of drug-likeness (QED) is 0.287. The number of benzene rings is 1. The zero-order chi connectivity index (χ0) is 23.8. The molecule has 1 unspecified atom stereocenters. The van der Waals surface area contributed by atoms with Gasteiger partial charge in [0.05, 0.1) is 11.3 Å². The molecule has 0 spiro atoms. The molecule has 0 saturated carbocycles. The van der Waals surface area contributed by atoms with Gasteiger partial charge in [0, 0.05) is 24.6 Å². The van der Waals surface area contributed by atoms with Crippen LogP contribution in [0.2, 0.25) is 0 Å². The lowest BCUT2D eigenvalue weighted by Crippen LogP contribution is -2.73. The molecule has 1 aromatic carbocycles. The minimum atomic E-state index is -1.36. The Kier molecular flexibility index (Phi) is 6.75. The number of carboxylic acids is 2. The van der Waals surface area contributed by atoms with E-state index in [0.29, 0.717) is 6.54 Å². The number of nitrogens with zero attached hydrogens (tertiary/aromatic N) is 1. The standard InChI is InChI=1S/C20H21N3O7S3/c1-30-11-4-2-10(3-5-11)6-21-13-15(25)23-7-20(19(28)29,8-31-16(13)23)9-32-18-12(17(26)27)14(24)22-33-18/h2-5,13,16,21H,6-9H2,1H3,(H,22,24)(H,26,27)(H,28,29)/t13-,16-,20?/m1/s1. The summed E-state index contributed by atoms with van der Waals surface area (Å²) in [5.74, 6) is -1.50. The number of carboxylic acid groups (broad SMARTS) is 2. The highest BCUT2D eigenvalue weighted by Gasteiger charge is 2.56. The van der Waals surface area contributed by atoms with Crippen LogP contribution in [0.4, 0.5) is 0 Å². The number of thioether (sulfide) groups is 2. The maximum absolute atomic E-state index is 12.8. The lowest BCUT2D eigenvalue weighted by atomic mass is 9.89. The van der Waals surface area contributed by atoms with E-state index in [1.54, 1.807) is 12.0 Å². The summed E-state index contributed by atoms with van der Waals surface area (Å²) in [6.07, 6.45) is 0. The van der Waals surface area contributed by atoms with Gasteiger partial charge < -0.3 is 19.8 Å². The summed E-state index contributed by atoms with van der Waals surface area (Å²) in [6.45, 7) is 0.532. The highest BCUT2D eigenvalue weighted by Crippen LogP contribution is 2.45. The number of β-lactam (4-membered cyclic amide) rings is 1. The van der Waals surface area contributed by atoms with Gasteiger partial charge in [-0.05, 0) is 17.7 Å². The number of methoxy groups -OCH3 is 1. The van der Waals surface area contributed by atoms with Crippen LogP contribution in [-0.4, -0.2) is 73.9 Å². The topological polar surface area (TPSA) is 149 Å². The molecule has 2 aliphatic rings. The molecule has 1 aromatic heterocycles. The second-order valence-corrected chi connectivity index (χ2v) is 10.9. The molecule has 0 radical (unpaired) electrons. The van der Waals surface area contributed by atoms with Crippen molar-refractivity contribution in [3.05, 3.63) is 45.7 Å². The van der Waals surface area contributed by atoms with Gasteiger partial charge in [0.25, 0.3) is 5.56 Å². The number of amides is 1. The van der Waals surface area contributed by atoms with Crippen LogP contribution in [0.3, 0.4) is 0 Å². The third kappa shape index (κ3) is 4.50. The van der Waals surface area contributed by atoms with Gasteiger partial charge in [0.15, 0.2) is 5.56 Å². The minimum absolute atomic E-state index is 0.0360. The minimum Gasteiger partial charge on any atom is -0.497 e. The molecule has 4 N–H and O–H groups in total. The van der Waals surface area contributed by atoms with Gasteiger partial charge in [-0.25, -0.2) is 4.79 Å². The van der Waals surface area contributed by atoms with Crippen LogP contribution in [0, 0.1) is 5.41 Å². The lowest BCUT2D eigenvalue weighted by Gasteiger charge is -2.54. The summed E-state index contributed by atoms with van der Waals surface area (Å²) in [7, 11) is 1.59. The van der Waals surface area contributed by atoms with Crippen molar-refractivity contribution in [3.8, 4) is 5.75 Å². The number of fused-ring (bicyclic) bond motifs is 1. The summed E-state index contributed by atoms with van der Waals surface area (Å²) in [5, 5.41) is 22.3. The number of carbonyl (C=O) groups excluding carboxylic acids is 1. The van der Waals surface area contributed by atoms with Crippen LogP contribution in [0.25, 0.3) is 0 Å². The second-order valence-electron chi connectivity index (χ2n) is 7.75. The van der Waals surface area contributed by atoms with Crippen LogP contribution in [-0.2, 0) is 16.1 Å². The first-order valence-electron chi connectivity index (χ1n) is 9.85. The predicted molar refractivity (Wildman–Crippen MR) is 124 cm³/mol. The summed E-state index contributed by atoms with van der Waals surface area (Å²) >= 11 is 3.29. The first-order chi connectivity index (χ1) is 15.8. The molecule has 2 saturated heterocycles. The number of aromatic amines is 1. The van der Waals surface area contributed by atoms with E-state index in [-0.39, 0.29) is 39.1 Å². The van der Waals surface area contributed by atoms with E-state index < -0.39 is 29.0 Å². The molecule has 4 rings (SSSR count). The van der Waals surface area contributed by atoms with E-state index >= 15 is 0 Å². The molecule has 10 nitrogen and oxygen atoms in total. The Morgan fingerprint density at radius 2 is 2.03 bits per heavy atom. The third-order valence-electron chi connectivity index (χ3n) is 5.64. The number of nitrogens with one attached hydrogen (secondary N) is 2. The van der Waals surface area contributed by atoms with E-state index in [2.05, 4.69) is 9.69 Å². The maximum atomic E-state index is 12.8. The predicted octanol–water partition coefficient (Wildman–Crippen LogP) is 1.38. The van der Waals surface area contributed by atoms with Crippen molar-refractivity contribution in [1.82, 2.24) is 14.6 Å². The fraction of sp³-hybridized carbons (Fsp3) is 0.400. The number of H-pyrrole nitrogens is 1. The zero-order valence-electron chi connectivity index (χ0n) is 17.4. The van der Waals surface area contributed by atoms with E-state index in [9.17, 15) is 29.4 Å². The van der Waals surface area contributed by atoms with Crippen LogP contribution in [0.1, 0.15) is 15.9 Å². The number of rotatable bonds is 9. The smallest absolute Gasteiger partial charge is 0.343 e. The van der Waals surface area contributed by atoms with Gasteiger partial charge in [-0.1, -0.05) is 23.7 Å². The number of aromatic carboxylic acids is 1.